The van der Waals surface area contributed by atoms with Crippen LogP contribution in [0, 0.1) is 0 Å². The fraction of sp³-hybridized carbons (Fsp3) is 0.667. The molecule has 1 unspecified atom stereocenters. The molecule has 0 radical (unpaired) electrons. The van der Waals surface area contributed by atoms with E-state index in [-0.39, 0.29) is 5.97 Å². The number of ether oxygens (including phenoxy) is 1. The summed E-state index contributed by atoms with van der Waals surface area (Å²) in [7, 11) is 0. The molecule has 0 N–H and O–H groups in total. The molecule has 0 amide bonds. The fourth-order valence-corrected chi connectivity index (χ4v) is 1.39. The summed E-state index contributed by atoms with van der Waals surface area (Å²) in [6.45, 7) is 8.11. The van der Waals surface area contributed by atoms with Crippen LogP contribution in [0.15, 0.2) is 12.7 Å². The number of carbonyl (C=O) groups excluding carboxylic acids is 1. The van der Waals surface area contributed by atoms with E-state index in [0.717, 1.165) is 12.2 Å². The second-order valence-electron chi connectivity index (χ2n) is 2.46. The van der Waals surface area contributed by atoms with Gasteiger partial charge in [-0.3, -0.25) is 0 Å². The predicted octanol–water partition coefficient (Wildman–Crippen LogP) is 2.25. The number of hydrogen-bond donors (Lipinski definition) is 0. The van der Waals surface area contributed by atoms with Gasteiger partial charge in [0.05, 0.1) is 0 Å². The lowest BCUT2D eigenvalue weighted by molar-refractivity contribution is -0.137. The van der Waals surface area contributed by atoms with Crippen molar-refractivity contribution in [2.24, 2.45) is 0 Å². The minimum Gasteiger partial charge on any atom is -0.462 e. The Morgan fingerprint density at radius 1 is 1.75 bits per heavy atom. The van der Waals surface area contributed by atoms with E-state index < -0.39 is 0 Å². The number of esters is 1. The highest BCUT2D eigenvalue weighted by atomic mass is 32.2. The standard InChI is InChI=1S/C9H16O2S/c1-4-8(3)12-7-6-11-9(10)5-2/h5,8H,2,4,6-7H2,1,3H3. The Hall–Kier alpha value is -0.440. The van der Waals surface area contributed by atoms with Crippen molar-refractivity contribution in [3.8, 4) is 0 Å². The lowest BCUT2D eigenvalue weighted by atomic mass is 10.4. The quantitative estimate of drug-likeness (QED) is 0.363. The first-order valence-electron chi connectivity index (χ1n) is 4.11. The molecular formula is C9H16O2S. The van der Waals surface area contributed by atoms with Gasteiger partial charge in [0.1, 0.15) is 6.61 Å². The summed E-state index contributed by atoms with van der Waals surface area (Å²) in [5.41, 5.74) is 0. The zero-order valence-electron chi connectivity index (χ0n) is 7.71. The van der Waals surface area contributed by atoms with E-state index in [1.807, 2.05) is 11.8 Å². The number of carbonyl (C=O) groups is 1. The minimum atomic E-state index is -0.334. The highest BCUT2D eigenvalue weighted by molar-refractivity contribution is 7.99. The first-order valence-corrected chi connectivity index (χ1v) is 5.16. The predicted molar refractivity (Wildman–Crippen MR) is 53.4 cm³/mol. The third-order valence-electron chi connectivity index (χ3n) is 1.47. The average molecular weight is 188 g/mol. The Bertz CT molecular complexity index is 145. The molecule has 0 saturated carbocycles. The van der Waals surface area contributed by atoms with E-state index in [4.69, 9.17) is 4.74 Å². The molecule has 0 aliphatic carbocycles. The average Bonchev–Trinajstić information content (AvgIpc) is 2.11. The second-order valence-corrected chi connectivity index (χ2v) is 4.01. The van der Waals surface area contributed by atoms with E-state index in [2.05, 4.69) is 20.4 Å². The molecule has 0 spiro atoms. The summed E-state index contributed by atoms with van der Waals surface area (Å²) in [5, 5.41) is 0.646. The van der Waals surface area contributed by atoms with Gasteiger partial charge >= 0.3 is 5.97 Å². The van der Waals surface area contributed by atoms with Gasteiger partial charge in [0.15, 0.2) is 0 Å². The third kappa shape index (κ3) is 6.28. The monoisotopic (exact) mass is 188 g/mol. The van der Waals surface area contributed by atoms with Gasteiger partial charge in [0.25, 0.3) is 0 Å². The second kappa shape index (κ2) is 7.22. The molecule has 0 rings (SSSR count). The summed E-state index contributed by atoms with van der Waals surface area (Å²) in [6.07, 6.45) is 2.34. The zero-order chi connectivity index (χ0) is 9.40. The van der Waals surface area contributed by atoms with Gasteiger partial charge in [-0.05, 0) is 6.42 Å². The molecular weight excluding hydrogens is 172 g/mol. The highest BCUT2D eigenvalue weighted by Crippen LogP contribution is 2.12. The van der Waals surface area contributed by atoms with E-state index in [1.54, 1.807) is 0 Å². The van der Waals surface area contributed by atoms with Crippen molar-refractivity contribution in [3.05, 3.63) is 12.7 Å². The smallest absolute Gasteiger partial charge is 0.330 e. The van der Waals surface area contributed by atoms with Crippen LogP contribution in [0.4, 0.5) is 0 Å². The molecule has 12 heavy (non-hydrogen) atoms. The summed E-state index contributed by atoms with van der Waals surface area (Å²) in [6, 6.07) is 0. The fourth-order valence-electron chi connectivity index (χ4n) is 0.568. The molecule has 1 atom stereocenters. The van der Waals surface area contributed by atoms with E-state index >= 15 is 0 Å². The lowest BCUT2D eigenvalue weighted by Gasteiger charge is -2.07. The van der Waals surface area contributed by atoms with E-state index in [9.17, 15) is 4.79 Å². The SMILES string of the molecule is C=CC(=O)OCCSC(C)CC. The number of thioether (sulfide) groups is 1. The minimum absolute atomic E-state index is 0.334. The number of hydrogen-bond acceptors (Lipinski definition) is 3. The van der Waals surface area contributed by atoms with Crippen LogP contribution in [0.3, 0.4) is 0 Å². The van der Waals surface area contributed by atoms with Crippen LogP contribution in [0.25, 0.3) is 0 Å². The molecule has 0 fully saturated rings. The van der Waals surface area contributed by atoms with Gasteiger partial charge in [-0.1, -0.05) is 20.4 Å². The Morgan fingerprint density at radius 2 is 2.42 bits per heavy atom. The Kier molecular flexibility index (Phi) is 6.96. The molecule has 0 bridgehead atoms. The molecule has 0 aliphatic rings. The van der Waals surface area contributed by atoms with Crippen molar-refractivity contribution in [2.75, 3.05) is 12.4 Å². The molecule has 0 aromatic carbocycles. The molecule has 0 aromatic heterocycles. The van der Waals surface area contributed by atoms with Crippen LogP contribution >= 0.6 is 11.8 Å². The molecule has 2 nitrogen and oxygen atoms in total. The van der Waals surface area contributed by atoms with Crippen LogP contribution in [0.1, 0.15) is 20.3 Å². The van der Waals surface area contributed by atoms with Gasteiger partial charge in [-0.15, -0.1) is 0 Å². The van der Waals surface area contributed by atoms with E-state index in [1.165, 1.54) is 6.08 Å². The molecule has 70 valence electrons. The Labute approximate surface area is 78.4 Å². The topological polar surface area (TPSA) is 26.3 Å². The summed E-state index contributed by atoms with van der Waals surface area (Å²) in [4.78, 5) is 10.6. The van der Waals surface area contributed by atoms with Crippen LogP contribution in [0.5, 0.6) is 0 Å². The van der Waals surface area contributed by atoms with E-state index in [0.29, 0.717) is 11.9 Å². The summed E-state index contributed by atoms with van der Waals surface area (Å²) >= 11 is 1.82. The Morgan fingerprint density at radius 3 is 2.92 bits per heavy atom. The normalized spacial score (nSPS) is 12.2. The summed E-state index contributed by atoms with van der Waals surface area (Å²) < 4.78 is 4.81. The van der Waals surface area contributed by atoms with Crippen molar-refractivity contribution in [1.29, 1.82) is 0 Å². The van der Waals surface area contributed by atoms with Crippen molar-refractivity contribution in [3.63, 3.8) is 0 Å². The van der Waals surface area contributed by atoms with Gasteiger partial charge in [-0.25, -0.2) is 4.79 Å². The summed E-state index contributed by atoms with van der Waals surface area (Å²) in [5.74, 6) is 0.536. The van der Waals surface area contributed by atoms with Crippen LogP contribution in [-0.4, -0.2) is 23.6 Å². The van der Waals surface area contributed by atoms with Gasteiger partial charge in [0.2, 0.25) is 0 Å². The maximum Gasteiger partial charge on any atom is 0.330 e. The highest BCUT2D eigenvalue weighted by Gasteiger charge is 1.99. The first kappa shape index (κ1) is 11.6. The van der Waals surface area contributed by atoms with Gasteiger partial charge in [0, 0.05) is 17.1 Å². The molecule has 0 heterocycles. The third-order valence-corrected chi connectivity index (χ3v) is 2.78. The van der Waals surface area contributed by atoms with Crippen molar-refractivity contribution >= 4 is 17.7 Å². The maximum atomic E-state index is 10.6. The van der Waals surface area contributed by atoms with Crippen molar-refractivity contribution < 1.29 is 9.53 Å². The first-order chi connectivity index (χ1) is 5.70. The maximum absolute atomic E-state index is 10.6. The molecule has 0 aliphatic heterocycles. The molecule has 3 heteroatoms. The Balaban J connectivity index is 3.21. The van der Waals surface area contributed by atoms with Crippen molar-refractivity contribution in [1.82, 2.24) is 0 Å². The van der Waals surface area contributed by atoms with Crippen LogP contribution in [0.2, 0.25) is 0 Å². The molecule has 0 aromatic rings. The van der Waals surface area contributed by atoms with Crippen molar-refractivity contribution in [2.45, 2.75) is 25.5 Å². The van der Waals surface area contributed by atoms with Crippen LogP contribution < -0.4 is 0 Å². The number of rotatable bonds is 6. The van der Waals surface area contributed by atoms with Gasteiger partial charge < -0.3 is 4.74 Å². The van der Waals surface area contributed by atoms with Crippen LogP contribution in [-0.2, 0) is 9.53 Å². The zero-order valence-corrected chi connectivity index (χ0v) is 8.52. The molecule has 0 saturated heterocycles. The lowest BCUT2D eigenvalue weighted by Crippen LogP contribution is -2.05. The van der Waals surface area contributed by atoms with Gasteiger partial charge in [-0.2, -0.15) is 11.8 Å². The largest absolute Gasteiger partial charge is 0.462 e.